The lowest BCUT2D eigenvalue weighted by Crippen LogP contribution is -2.33. The third kappa shape index (κ3) is 2.73. The van der Waals surface area contributed by atoms with Gasteiger partial charge in [0.15, 0.2) is 5.65 Å². The van der Waals surface area contributed by atoms with Crippen LogP contribution in [0.5, 0.6) is 0 Å². The highest BCUT2D eigenvalue weighted by Gasteiger charge is 2.29. The molecule has 1 atom stereocenters. The second kappa shape index (κ2) is 5.86. The maximum Gasteiger partial charge on any atom is 0.323 e. The maximum absolute atomic E-state index is 12.6. The van der Waals surface area contributed by atoms with Gasteiger partial charge in [-0.1, -0.05) is 0 Å². The Kier molecular flexibility index (Phi) is 3.68. The number of hydrogen-bond donors (Lipinski definition) is 1. The number of urea groups is 1. The molecule has 8 heteroatoms. The van der Waals surface area contributed by atoms with Crippen LogP contribution in [0.2, 0.25) is 0 Å². The summed E-state index contributed by atoms with van der Waals surface area (Å²) in [6.07, 6.45) is 2.63. The Morgan fingerprint density at radius 2 is 2.25 bits per heavy atom. The molecular weight excluding hydrogens is 324 g/mol. The van der Waals surface area contributed by atoms with Gasteiger partial charge >= 0.3 is 6.03 Å². The van der Waals surface area contributed by atoms with Crippen LogP contribution < -0.4 is 5.32 Å². The van der Waals surface area contributed by atoms with Crippen molar-refractivity contribution in [3.8, 4) is 0 Å². The highest BCUT2D eigenvalue weighted by Crippen LogP contribution is 2.29. The number of carbonyl (C=O) groups is 1. The number of aryl methyl sites for hydroxylation is 2. The molecule has 1 aliphatic heterocycles. The average Bonchev–Trinajstić information content (AvgIpc) is 3.25. The Balaban J connectivity index is 1.48. The SMILES string of the molecule is Cc1csc(C2CCN(C(=O)Nc3ccnc4cc(C)nn34)C2)n1. The van der Waals surface area contributed by atoms with Crippen LogP contribution >= 0.6 is 11.3 Å². The van der Waals surface area contributed by atoms with Crippen molar-refractivity contribution < 1.29 is 4.79 Å². The minimum Gasteiger partial charge on any atom is -0.324 e. The average molecular weight is 342 g/mol. The number of amides is 2. The van der Waals surface area contributed by atoms with Gasteiger partial charge in [0.05, 0.1) is 10.7 Å². The molecule has 1 saturated heterocycles. The summed E-state index contributed by atoms with van der Waals surface area (Å²) in [5, 5.41) is 10.5. The van der Waals surface area contributed by atoms with Gasteiger partial charge in [0.1, 0.15) is 5.82 Å². The first kappa shape index (κ1) is 15.1. The van der Waals surface area contributed by atoms with Crippen LogP contribution in [-0.4, -0.2) is 43.6 Å². The molecule has 0 spiro atoms. The summed E-state index contributed by atoms with van der Waals surface area (Å²) in [6, 6.07) is 3.54. The van der Waals surface area contributed by atoms with Crippen LogP contribution in [0.15, 0.2) is 23.7 Å². The van der Waals surface area contributed by atoms with Crippen LogP contribution in [0.4, 0.5) is 10.6 Å². The summed E-state index contributed by atoms with van der Waals surface area (Å²) in [6.45, 7) is 5.34. The van der Waals surface area contributed by atoms with E-state index in [9.17, 15) is 4.79 Å². The topological polar surface area (TPSA) is 75.4 Å². The van der Waals surface area contributed by atoms with Gasteiger partial charge in [-0.05, 0) is 26.3 Å². The summed E-state index contributed by atoms with van der Waals surface area (Å²) < 4.78 is 1.66. The fraction of sp³-hybridized carbons (Fsp3) is 0.375. The highest BCUT2D eigenvalue weighted by atomic mass is 32.1. The minimum absolute atomic E-state index is 0.105. The van der Waals surface area contributed by atoms with E-state index in [0.29, 0.717) is 18.3 Å². The number of anilines is 1. The van der Waals surface area contributed by atoms with Crippen molar-refractivity contribution in [3.63, 3.8) is 0 Å². The predicted molar refractivity (Wildman–Crippen MR) is 92.5 cm³/mol. The molecule has 24 heavy (non-hydrogen) atoms. The number of hydrogen-bond acceptors (Lipinski definition) is 5. The van der Waals surface area contributed by atoms with Crippen molar-refractivity contribution in [2.75, 3.05) is 18.4 Å². The molecule has 124 valence electrons. The molecule has 1 fully saturated rings. The second-order valence-electron chi connectivity index (χ2n) is 6.07. The molecule has 1 aliphatic rings. The second-order valence-corrected chi connectivity index (χ2v) is 6.96. The Bertz CT molecular complexity index is 901. The van der Waals surface area contributed by atoms with Crippen molar-refractivity contribution >= 4 is 28.8 Å². The van der Waals surface area contributed by atoms with E-state index in [1.165, 1.54) is 0 Å². The van der Waals surface area contributed by atoms with Crippen LogP contribution in [0, 0.1) is 13.8 Å². The quantitative estimate of drug-likeness (QED) is 0.777. The Hall–Kier alpha value is -2.48. The van der Waals surface area contributed by atoms with E-state index in [2.05, 4.69) is 25.8 Å². The monoisotopic (exact) mass is 342 g/mol. The zero-order valence-corrected chi connectivity index (χ0v) is 14.4. The molecule has 4 heterocycles. The molecule has 7 nitrogen and oxygen atoms in total. The third-order valence-corrected chi connectivity index (χ3v) is 5.30. The van der Waals surface area contributed by atoms with E-state index in [4.69, 9.17) is 0 Å². The van der Waals surface area contributed by atoms with Gasteiger partial charge in [0.25, 0.3) is 0 Å². The lowest BCUT2D eigenvalue weighted by molar-refractivity contribution is 0.222. The number of nitrogens with zero attached hydrogens (tertiary/aromatic N) is 5. The molecule has 1 unspecified atom stereocenters. The largest absolute Gasteiger partial charge is 0.324 e. The van der Waals surface area contributed by atoms with Gasteiger partial charge in [-0.3, -0.25) is 5.32 Å². The number of rotatable bonds is 2. The van der Waals surface area contributed by atoms with E-state index in [0.717, 1.165) is 35.0 Å². The first-order chi connectivity index (χ1) is 11.6. The van der Waals surface area contributed by atoms with Crippen LogP contribution in [0.1, 0.15) is 28.7 Å². The molecule has 0 radical (unpaired) electrons. The van der Waals surface area contributed by atoms with Crippen molar-refractivity contribution in [2.45, 2.75) is 26.2 Å². The Morgan fingerprint density at radius 3 is 3.04 bits per heavy atom. The van der Waals surface area contributed by atoms with Crippen molar-refractivity contribution in [1.82, 2.24) is 24.5 Å². The van der Waals surface area contributed by atoms with Gasteiger partial charge in [-0.25, -0.2) is 14.8 Å². The first-order valence-corrected chi connectivity index (χ1v) is 8.77. The van der Waals surface area contributed by atoms with Crippen molar-refractivity contribution in [1.29, 1.82) is 0 Å². The van der Waals surface area contributed by atoms with Gasteiger partial charge in [-0.2, -0.15) is 9.61 Å². The van der Waals surface area contributed by atoms with E-state index in [-0.39, 0.29) is 6.03 Å². The Morgan fingerprint density at radius 1 is 1.38 bits per heavy atom. The molecule has 0 aromatic carbocycles. The summed E-state index contributed by atoms with van der Waals surface area (Å²) >= 11 is 1.68. The molecule has 0 saturated carbocycles. The molecule has 3 aromatic rings. The van der Waals surface area contributed by atoms with Crippen LogP contribution in [0.3, 0.4) is 0 Å². The fourth-order valence-corrected chi connectivity index (χ4v) is 3.92. The first-order valence-electron chi connectivity index (χ1n) is 7.89. The van der Waals surface area contributed by atoms with E-state index >= 15 is 0 Å². The normalized spacial score (nSPS) is 17.6. The minimum atomic E-state index is -0.105. The molecule has 1 N–H and O–H groups in total. The lowest BCUT2D eigenvalue weighted by Gasteiger charge is -2.17. The number of thiazole rings is 1. The van der Waals surface area contributed by atoms with E-state index < -0.39 is 0 Å². The highest BCUT2D eigenvalue weighted by molar-refractivity contribution is 7.09. The fourth-order valence-electron chi connectivity index (χ4n) is 3.00. The van der Waals surface area contributed by atoms with Crippen LogP contribution in [-0.2, 0) is 0 Å². The lowest BCUT2D eigenvalue weighted by atomic mass is 10.1. The molecule has 0 bridgehead atoms. The molecule has 3 aromatic heterocycles. The smallest absolute Gasteiger partial charge is 0.323 e. The number of aromatic nitrogens is 4. The molecule has 0 aliphatic carbocycles. The Labute approximate surface area is 143 Å². The van der Waals surface area contributed by atoms with E-state index in [1.807, 2.05) is 24.8 Å². The number of carbonyl (C=O) groups excluding carboxylic acids is 1. The standard InChI is InChI=1S/C16H18N6OS/c1-10-7-14-17-5-3-13(22(14)20-10)19-16(23)21-6-4-12(8-21)15-18-11(2)9-24-15/h3,5,7,9,12H,4,6,8H2,1-2H3,(H,19,23). The maximum atomic E-state index is 12.6. The van der Waals surface area contributed by atoms with Gasteiger partial charge in [-0.15, -0.1) is 11.3 Å². The van der Waals surface area contributed by atoms with Crippen molar-refractivity contribution in [2.24, 2.45) is 0 Å². The molecule has 2 amide bonds. The van der Waals surface area contributed by atoms with Gasteiger partial charge in [0, 0.05) is 42.3 Å². The number of likely N-dealkylation sites (tertiary alicyclic amines) is 1. The molecule has 4 rings (SSSR count). The third-order valence-electron chi connectivity index (χ3n) is 4.18. The number of fused-ring (bicyclic) bond motifs is 1. The van der Waals surface area contributed by atoms with Gasteiger partial charge in [0.2, 0.25) is 0 Å². The zero-order chi connectivity index (χ0) is 16.7. The van der Waals surface area contributed by atoms with E-state index in [1.54, 1.807) is 28.1 Å². The molecular formula is C16H18N6OS. The summed E-state index contributed by atoms with van der Waals surface area (Å²) in [5.41, 5.74) is 2.64. The summed E-state index contributed by atoms with van der Waals surface area (Å²) in [5.74, 6) is 0.963. The zero-order valence-electron chi connectivity index (χ0n) is 13.6. The van der Waals surface area contributed by atoms with Crippen molar-refractivity contribution in [3.05, 3.63) is 40.1 Å². The van der Waals surface area contributed by atoms with Crippen LogP contribution in [0.25, 0.3) is 5.65 Å². The summed E-state index contributed by atoms with van der Waals surface area (Å²) in [4.78, 5) is 23.2. The summed E-state index contributed by atoms with van der Waals surface area (Å²) in [7, 11) is 0. The number of nitrogens with one attached hydrogen (secondary N) is 1. The predicted octanol–water partition coefficient (Wildman–Crippen LogP) is 2.82. The van der Waals surface area contributed by atoms with Gasteiger partial charge < -0.3 is 4.90 Å².